The molecule has 1 fully saturated rings. The number of nitrogens with zero attached hydrogens (tertiary/aromatic N) is 1. The molecule has 1 unspecified atom stereocenters. The first kappa shape index (κ1) is 16.7. The van der Waals surface area contributed by atoms with Crippen LogP contribution in [0.3, 0.4) is 0 Å². The third kappa shape index (κ3) is 3.32. The highest BCUT2D eigenvalue weighted by Crippen LogP contribution is 2.33. The second-order valence-corrected chi connectivity index (χ2v) is 6.83. The number of urea groups is 1. The largest absolute Gasteiger partial charge is 0.486 e. The van der Waals surface area contributed by atoms with Gasteiger partial charge in [-0.15, -0.1) is 0 Å². The fourth-order valence-corrected chi connectivity index (χ4v) is 3.18. The van der Waals surface area contributed by atoms with E-state index in [0.717, 1.165) is 15.1 Å². The number of carbonyl (C=O) groups excluding carboxylic acids is 2. The summed E-state index contributed by atoms with van der Waals surface area (Å²) in [6.07, 6.45) is -0.361. The van der Waals surface area contributed by atoms with Gasteiger partial charge in [0.25, 0.3) is 0 Å². The highest BCUT2D eigenvalue weighted by molar-refractivity contribution is 9.10. The van der Waals surface area contributed by atoms with Crippen molar-refractivity contribution in [3.63, 3.8) is 0 Å². The summed E-state index contributed by atoms with van der Waals surface area (Å²) in [7, 11) is 0. The minimum Gasteiger partial charge on any atom is -0.486 e. The number of benzene rings is 2. The van der Waals surface area contributed by atoms with Crippen LogP contribution in [0.25, 0.3) is 0 Å². The van der Waals surface area contributed by atoms with Crippen LogP contribution in [0.1, 0.15) is 6.42 Å². The Morgan fingerprint density at radius 1 is 1.04 bits per heavy atom. The quantitative estimate of drug-likeness (QED) is 0.801. The van der Waals surface area contributed by atoms with Gasteiger partial charge in [0.15, 0.2) is 11.5 Å². The highest BCUT2D eigenvalue weighted by atomic mass is 79.9. The van der Waals surface area contributed by atoms with Crippen LogP contribution in [-0.4, -0.2) is 31.3 Å². The standard InChI is InChI=1S/C18H16BrN3O4/c19-11-1-4-13(5-2-11)22-17(23)10-16(21-18(22)24)20-12-3-6-14-15(9-12)26-8-7-25-14/h1-6,9,16,20H,7-8,10H2,(H,21,24). The molecule has 0 aromatic heterocycles. The monoisotopic (exact) mass is 417 g/mol. The Morgan fingerprint density at radius 2 is 1.77 bits per heavy atom. The number of amides is 3. The van der Waals surface area contributed by atoms with E-state index < -0.39 is 12.2 Å². The van der Waals surface area contributed by atoms with E-state index >= 15 is 0 Å². The molecular weight excluding hydrogens is 402 g/mol. The van der Waals surface area contributed by atoms with Crippen LogP contribution < -0.4 is 25.0 Å². The van der Waals surface area contributed by atoms with E-state index in [4.69, 9.17) is 9.47 Å². The lowest BCUT2D eigenvalue weighted by atomic mass is 10.2. The van der Waals surface area contributed by atoms with Gasteiger partial charge in [-0.3, -0.25) is 4.79 Å². The first-order valence-corrected chi connectivity index (χ1v) is 8.95. The number of hydrogen-bond acceptors (Lipinski definition) is 5. The predicted molar refractivity (Wildman–Crippen MR) is 99.6 cm³/mol. The molecule has 0 bridgehead atoms. The average Bonchev–Trinajstić information content (AvgIpc) is 2.63. The number of fused-ring (bicyclic) bond motifs is 1. The molecule has 2 heterocycles. The number of halogens is 1. The summed E-state index contributed by atoms with van der Waals surface area (Å²) >= 11 is 3.34. The van der Waals surface area contributed by atoms with E-state index in [0.29, 0.717) is 30.4 Å². The number of hydrogen-bond donors (Lipinski definition) is 2. The Labute approximate surface area is 158 Å². The Balaban J connectivity index is 1.46. The SMILES string of the molecule is O=C1CC(Nc2ccc3c(c2)OCCO3)NC(=O)N1c1ccc(Br)cc1. The van der Waals surface area contributed by atoms with Crippen molar-refractivity contribution in [1.82, 2.24) is 5.32 Å². The zero-order valence-electron chi connectivity index (χ0n) is 13.7. The van der Waals surface area contributed by atoms with E-state index in [1.165, 1.54) is 0 Å². The molecular formula is C18H16BrN3O4. The number of ether oxygens (including phenoxy) is 2. The first-order chi connectivity index (χ1) is 12.6. The van der Waals surface area contributed by atoms with E-state index in [2.05, 4.69) is 26.6 Å². The molecule has 7 nitrogen and oxygen atoms in total. The minimum atomic E-state index is -0.496. The van der Waals surface area contributed by atoms with Crippen LogP contribution in [0.4, 0.5) is 16.2 Å². The molecule has 0 saturated carbocycles. The van der Waals surface area contributed by atoms with Crippen molar-refractivity contribution in [3.8, 4) is 11.5 Å². The van der Waals surface area contributed by atoms with Crippen LogP contribution in [0.15, 0.2) is 46.9 Å². The predicted octanol–water partition coefficient (Wildman–Crippen LogP) is 3.10. The fraction of sp³-hybridized carbons (Fsp3) is 0.222. The van der Waals surface area contributed by atoms with Crippen LogP contribution in [-0.2, 0) is 4.79 Å². The van der Waals surface area contributed by atoms with Crippen molar-refractivity contribution in [2.24, 2.45) is 0 Å². The molecule has 2 aliphatic rings. The zero-order chi connectivity index (χ0) is 18.1. The summed E-state index contributed by atoms with van der Waals surface area (Å²) in [5, 5.41) is 5.96. The molecule has 0 spiro atoms. The molecule has 2 aromatic rings. The third-order valence-electron chi connectivity index (χ3n) is 4.10. The van der Waals surface area contributed by atoms with E-state index in [1.807, 2.05) is 6.07 Å². The third-order valence-corrected chi connectivity index (χ3v) is 4.63. The Hall–Kier alpha value is -2.74. The molecule has 2 aromatic carbocycles. The van der Waals surface area contributed by atoms with Gasteiger partial charge in [-0.25, -0.2) is 9.69 Å². The van der Waals surface area contributed by atoms with Crippen molar-refractivity contribution in [3.05, 3.63) is 46.9 Å². The van der Waals surface area contributed by atoms with Crippen LogP contribution >= 0.6 is 15.9 Å². The van der Waals surface area contributed by atoms with Crippen molar-refractivity contribution >= 4 is 39.2 Å². The molecule has 2 aliphatic heterocycles. The van der Waals surface area contributed by atoms with Gasteiger partial charge in [0.2, 0.25) is 5.91 Å². The molecule has 26 heavy (non-hydrogen) atoms. The maximum absolute atomic E-state index is 12.5. The molecule has 8 heteroatoms. The smallest absolute Gasteiger partial charge is 0.330 e. The minimum absolute atomic E-state index is 0.135. The van der Waals surface area contributed by atoms with E-state index in [1.54, 1.807) is 36.4 Å². The van der Waals surface area contributed by atoms with Crippen LogP contribution in [0.5, 0.6) is 11.5 Å². The van der Waals surface area contributed by atoms with Gasteiger partial charge >= 0.3 is 6.03 Å². The first-order valence-electron chi connectivity index (χ1n) is 8.15. The van der Waals surface area contributed by atoms with E-state index in [9.17, 15) is 9.59 Å². The molecule has 1 atom stereocenters. The van der Waals surface area contributed by atoms with Gasteiger partial charge in [0.05, 0.1) is 12.1 Å². The lowest BCUT2D eigenvalue weighted by Gasteiger charge is -2.32. The summed E-state index contributed by atoms with van der Waals surface area (Å²) in [4.78, 5) is 26.1. The van der Waals surface area contributed by atoms with Gasteiger partial charge in [-0.05, 0) is 36.4 Å². The lowest BCUT2D eigenvalue weighted by Crippen LogP contribution is -2.57. The summed E-state index contributed by atoms with van der Waals surface area (Å²) in [6, 6.07) is 12.0. The summed E-state index contributed by atoms with van der Waals surface area (Å²) in [6.45, 7) is 1.02. The Bertz CT molecular complexity index is 838. The molecule has 3 amide bonds. The number of carbonyl (C=O) groups is 2. The summed E-state index contributed by atoms with van der Waals surface area (Å²) in [5.74, 6) is 1.06. The van der Waals surface area contributed by atoms with Crippen molar-refractivity contribution in [2.75, 3.05) is 23.4 Å². The van der Waals surface area contributed by atoms with Crippen molar-refractivity contribution < 1.29 is 19.1 Å². The van der Waals surface area contributed by atoms with Gasteiger partial charge in [-0.2, -0.15) is 0 Å². The number of imide groups is 1. The van der Waals surface area contributed by atoms with Crippen LogP contribution in [0.2, 0.25) is 0 Å². The molecule has 4 rings (SSSR count). The summed E-state index contributed by atoms with van der Waals surface area (Å²) in [5.41, 5.74) is 1.28. The average molecular weight is 418 g/mol. The Morgan fingerprint density at radius 3 is 2.50 bits per heavy atom. The second-order valence-electron chi connectivity index (χ2n) is 5.91. The Kier molecular flexibility index (Phi) is 4.42. The topological polar surface area (TPSA) is 79.9 Å². The molecule has 134 valence electrons. The fourth-order valence-electron chi connectivity index (χ4n) is 2.92. The molecule has 2 N–H and O–H groups in total. The normalized spacial score (nSPS) is 19.1. The maximum atomic E-state index is 12.5. The number of rotatable bonds is 3. The summed E-state index contributed by atoms with van der Waals surface area (Å²) < 4.78 is 11.9. The zero-order valence-corrected chi connectivity index (χ0v) is 15.3. The van der Waals surface area contributed by atoms with Gasteiger partial charge in [0.1, 0.15) is 19.4 Å². The number of anilines is 2. The van der Waals surface area contributed by atoms with Crippen molar-refractivity contribution in [2.45, 2.75) is 12.6 Å². The molecule has 0 aliphatic carbocycles. The van der Waals surface area contributed by atoms with E-state index in [-0.39, 0.29) is 12.3 Å². The maximum Gasteiger partial charge on any atom is 0.330 e. The highest BCUT2D eigenvalue weighted by Gasteiger charge is 2.33. The van der Waals surface area contributed by atoms with Gasteiger partial charge in [0, 0.05) is 16.2 Å². The lowest BCUT2D eigenvalue weighted by molar-refractivity contribution is -0.118. The van der Waals surface area contributed by atoms with Gasteiger partial charge in [-0.1, -0.05) is 15.9 Å². The van der Waals surface area contributed by atoms with Crippen molar-refractivity contribution in [1.29, 1.82) is 0 Å². The molecule has 0 radical (unpaired) electrons. The van der Waals surface area contributed by atoms with Crippen LogP contribution in [0, 0.1) is 0 Å². The van der Waals surface area contributed by atoms with Gasteiger partial charge < -0.3 is 20.1 Å². The second kappa shape index (κ2) is 6.87. The number of nitrogens with one attached hydrogen (secondary N) is 2. The molecule has 1 saturated heterocycles.